The third-order valence-corrected chi connectivity index (χ3v) is 5.77. The Morgan fingerprint density at radius 1 is 1.52 bits per heavy atom. The molecule has 2 heterocycles. The Morgan fingerprint density at radius 2 is 2.24 bits per heavy atom. The van der Waals surface area contributed by atoms with Gasteiger partial charge in [0.2, 0.25) is 0 Å². The van der Waals surface area contributed by atoms with Crippen molar-refractivity contribution in [2.45, 2.75) is 31.6 Å². The van der Waals surface area contributed by atoms with Crippen LogP contribution in [-0.4, -0.2) is 37.9 Å². The predicted octanol–water partition coefficient (Wildman–Crippen LogP) is 3.84. The van der Waals surface area contributed by atoms with Crippen LogP contribution in [0.1, 0.15) is 31.9 Å². The smallest absolute Gasteiger partial charge is 0.335 e. The van der Waals surface area contributed by atoms with E-state index in [0.717, 1.165) is 11.6 Å². The van der Waals surface area contributed by atoms with Gasteiger partial charge >= 0.3 is 5.97 Å². The van der Waals surface area contributed by atoms with Crippen molar-refractivity contribution >= 4 is 40.2 Å². The first-order valence-electron chi connectivity index (χ1n) is 7.69. The van der Waals surface area contributed by atoms with Crippen molar-refractivity contribution < 1.29 is 14.8 Å². The Balaban J connectivity index is 2.15. The number of thioether (sulfide) groups is 1. The van der Waals surface area contributed by atoms with E-state index in [2.05, 4.69) is 11.9 Å². The van der Waals surface area contributed by atoms with E-state index in [-0.39, 0.29) is 16.3 Å². The number of nitro groups is 1. The molecule has 1 N–H and O–H groups in total. The van der Waals surface area contributed by atoms with Crippen molar-refractivity contribution in [3.05, 3.63) is 50.2 Å². The number of benzene rings is 1. The Labute approximate surface area is 153 Å². The van der Waals surface area contributed by atoms with Gasteiger partial charge in [-0.3, -0.25) is 10.1 Å². The van der Waals surface area contributed by atoms with Crippen LogP contribution in [-0.2, 0) is 4.79 Å². The number of fused-ring (bicyclic) bond motifs is 1. The summed E-state index contributed by atoms with van der Waals surface area (Å²) >= 11 is 7.49. The Morgan fingerprint density at radius 3 is 2.88 bits per heavy atom. The molecule has 0 saturated carbocycles. The number of nitro benzene ring substituents is 1. The van der Waals surface area contributed by atoms with E-state index in [1.165, 1.54) is 12.1 Å². The molecule has 2 aliphatic heterocycles. The molecule has 7 nitrogen and oxygen atoms in total. The molecule has 0 radical (unpaired) electrons. The summed E-state index contributed by atoms with van der Waals surface area (Å²) in [4.78, 5) is 28.9. The van der Waals surface area contributed by atoms with E-state index < -0.39 is 16.9 Å². The van der Waals surface area contributed by atoms with E-state index in [9.17, 15) is 20.0 Å². The Bertz CT molecular complexity index is 824. The van der Waals surface area contributed by atoms with Crippen LogP contribution >= 0.6 is 23.4 Å². The molecule has 25 heavy (non-hydrogen) atoms. The van der Waals surface area contributed by atoms with Crippen LogP contribution in [0.5, 0.6) is 0 Å². The second kappa shape index (κ2) is 6.68. The zero-order chi connectivity index (χ0) is 18.3. The quantitative estimate of drug-likeness (QED) is 0.631. The molecule has 0 aromatic heterocycles. The molecule has 1 fully saturated rings. The van der Waals surface area contributed by atoms with Gasteiger partial charge in [0.25, 0.3) is 5.69 Å². The Kier molecular flexibility index (Phi) is 4.75. The fourth-order valence-corrected chi connectivity index (χ4v) is 4.36. The van der Waals surface area contributed by atoms with Crippen molar-refractivity contribution in [1.82, 2.24) is 4.90 Å². The van der Waals surface area contributed by atoms with Gasteiger partial charge in [-0.2, -0.15) is 0 Å². The van der Waals surface area contributed by atoms with Gasteiger partial charge in [0.1, 0.15) is 5.02 Å². The molecule has 1 saturated heterocycles. The number of carboxylic acid groups (broad SMARTS) is 1. The van der Waals surface area contributed by atoms with Crippen LogP contribution in [0.15, 0.2) is 34.5 Å². The number of rotatable bonds is 3. The molecular formula is C16H16ClN3O4S. The number of allylic oxidation sites excluding steroid dienone is 1. The number of amidine groups is 1. The first-order chi connectivity index (χ1) is 11.8. The molecule has 2 unspecified atom stereocenters. The topological polar surface area (TPSA) is 96.0 Å². The zero-order valence-corrected chi connectivity index (χ0v) is 15.2. The van der Waals surface area contributed by atoms with Crippen LogP contribution < -0.4 is 0 Å². The summed E-state index contributed by atoms with van der Waals surface area (Å²) in [6, 6.07) is 3.81. The summed E-state index contributed by atoms with van der Waals surface area (Å²) in [6.45, 7) is 4.39. The summed E-state index contributed by atoms with van der Waals surface area (Å²) in [5.74, 6) is -1.08. The SMILES string of the molecule is CC1=C(C(=O)O)C(c2ccc(Cl)c([N+](=O)[O-])c2)N2CCC(C)SC2=N1. The summed E-state index contributed by atoms with van der Waals surface area (Å²) in [5.41, 5.74) is 0.845. The highest BCUT2D eigenvalue weighted by Gasteiger charge is 2.39. The van der Waals surface area contributed by atoms with Gasteiger partial charge in [0.15, 0.2) is 5.17 Å². The van der Waals surface area contributed by atoms with Crippen LogP contribution in [0.3, 0.4) is 0 Å². The molecule has 3 rings (SSSR count). The van der Waals surface area contributed by atoms with Gasteiger partial charge in [-0.05, 0) is 25.0 Å². The summed E-state index contributed by atoms with van der Waals surface area (Å²) in [6.07, 6.45) is 0.877. The minimum absolute atomic E-state index is 0.0256. The van der Waals surface area contributed by atoms with Crippen LogP contribution in [0, 0.1) is 10.1 Å². The highest BCUT2D eigenvalue weighted by atomic mass is 35.5. The van der Waals surface area contributed by atoms with Crippen LogP contribution in [0.4, 0.5) is 5.69 Å². The maximum Gasteiger partial charge on any atom is 0.335 e. The second-order valence-corrected chi connectivity index (χ2v) is 7.79. The van der Waals surface area contributed by atoms with E-state index in [4.69, 9.17) is 11.6 Å². The lowest BCUT2D eigenvalue weighted by molar-refractivity contribution is -0.384. The van der Waals surface area contributed by atoms with Gasteiger partial charge < -0.3 is 10.0 Å². The van der Waals surface area contributed by atoms with Crippen molar-refractivity contribution in [2.24, 2.45) is 4.99 Å². The van der Waals surface area contributed by atoms with Gasteiger partial charge in [-0.1, -0.05) is 36.4 Å². The van der Waals surface area contributed by atoms with Crippen molar-refractivity contribution in [3.8, 4) is 0 Å². The molecule has 0 spiro atoms. The average molecular weight is 382 g/mol. The average Bonchev–Trinajstić information content (AvgIpc) is 2.53. The number of nitrogens with zero attached hydrogens (tertiary/aromatic N) is 3. The third-order valence-electron chi connectivity index (χ3n) is 4.28. The molecule has 0 bridgehead atoms. The standard InChI is InChI=1S/C16H16ClN3O4S/c1-8-5-6-19-14(10-3-4-11(17)12(7-10)20(23)24)13(15(21)22)9(2)18-16(19)25-8/h3-4,7-8,14H,5-6H2,1-2H3,(H,21,22). The lowest BCUT2D eigenvalue weighted by Crippen LogP contribution is -2.43. The Hall–Kier alpha value is -2.06. The molecule has 2 aliphatic rings. The van der Waals surface area contributed by atoms with E-state index in [1.807, 2.05) is 4.90 Å². The van der Waals surface area contributed by atoms with E-state index in [1.54, 1.807) is 24.8 Å². The fraction of sp³-hybridized carbons (Fsp3) is 0.375. The molecule has 132 valence electrons. The number of hydrogen-bond donors (Lipinski definition) is 1. The number of aliphatic carboxylic acids is 1. The van der Waals surface area contributed by atoms with Gasteiger partial charge in [-0.15, -0.1) is 0 Å². The molecule has 0 amide bonds. The van der Waals surface area contributed by atoms with Gasteiger partial charge in [0, 0.05) is 17.9 Å². The lowest BCUT2D eigenvalue weighted by Gasteiger charge is -2.41. The molecule has 2 atom stereocenters. The van der Waals surface area contributed by atoms with Crippen molar-refractivity contribution in [3.63, 3.8) is 0 Å². The van der Waals surface area contributed by atoms with Gasteiger partial charge in [-0.25, -0.2) is 9.79 Å². The first kappa shape index (κ1) is 17.8. The molecular weight excluding hydrogens is 366 g/mol. The normalized spacial score (nSPS) is 23.2. The predicted molar refractivity (Wildman–Crippen MR) is 97.0 cm³/mol. The third kappa shape index (κ3) is 3.23. The number of carboxylic acids is 1. The number of hydrogen-bond acceptors (Lipinski definition) is 6. The molecule has 1 aromatic carbocycles. The van der Waals surface area contributed by atoms with Crippen LogP contribution in [0.25, 0.3) is 0 Å². The van der Waals surface area contributed by atoms with Gasteiger partial charge in [0.05, 0.1) is 22.2 Å². The second-order valence-electron chi connectivity index (χ2n) is 5.98. The van der Waals surface area contributed by atoms with E-state index in [0.29, 0.717) is 23.1 Å². The maximum atomic E-state index is 11.9. The molecule has 0 aliphatic carbocycles. The molecule has 9 heteroatoms. The molecule has 1 aromatic rings. The van der Waals surface area contributed by atoms with E-state index >= 15 is 0 Å². The summed E-state index contributed by atoms with van der Waals surface area (Å²) in [7, 11) is 0. The zero-order valence-electron chi connectivity index (χ0n) is 13.6. The number of halogens is 1. The number of carbonyl (C=O) groups is 1. The summed E-state index contributed by atoms with van der Waals surface area (Å²) < 4.78 is 0. The maximum absolute atomic E-state index is 11.9. The minimum atomic E-state index is -1.08. The van der Waals surface area contributed by atoms with Crippen molar-refractivity contribution in [2.75, 3.05) is 6.54 Å². The highest BCUT2D eigenvalue weighted by Crippen LogP contribution is 2.42. The first-order valence-corrected chi connectivity index (χ1v) is 8.95. The monoisotopic (exact) mass is 381 g/mol. The lowest BCUT2D eigenvalue weighted by atomic mass is 9.94. The number of aliphatic imine (C=N–C) groups is 1. The minimum Gasteiger partial charge on any atom is -0.478 e. The highest BCUT2D eigenvalue weighted by molar-refractivity contribution is 8.14. The fourth-order valence-electron chi connectivity index (χ4n) is 3.07. The van der Waals surface area contributed by atoms with Crippen LogP contribution in [0.2, 0.25) is 5.02 Å². The van der Waals surface area contributed by atoms with Crippen molar-refractivity contribution in [1.29, 1.82) is 0 Å². The summed E-state index contributed by atoms with van der Waals surface area (Å²) in [5, 5.41) is 22.1. The largest absolute Gasteiger partial charge is 0.478 e.